The van der Waals surface area contributed by atoms with Crippen LogP contribution in [0.1, 0.15) is 20.3 Å². The van der Waals surface area contributed by atoms with Gasteiger partial charge in [0, 0.05) is 6.42 Å². The Labute approximate surface area is 137 Å². The monoisotopic (exact) mass is 350 g/mol. The number of esters is 2. The van der Waals surface area contributed by atoms with Crippen molar-refractivity contribution >= 4 is 41.2 Å². The molecule has 1 saturated carbocycles. The van der Waals surface area contributed by atoms with Crippen molar-refractivity contribution in [1.82, 2.24) is 10.6 Å². The Hall–Kier alpha value is -1.47. The zero-order valence-electron chi connectivity index (χ0n) is 12.1. The third-order valence-corrected chi connectivity index (χ3v) is 4.73. The lowest BCUT2D eigenvalue weighted by molar-refractivity contribution is -0.149. The Morgan fingerprint density at radius 1 is 1.32 bits per heavy atom. The van der Waals surface area contributed by atoms with E-state index in [1.54, 1.807) is 13.8 Å². The Morgan fingerprint density at radius 2 is 1.95 bits per heavy atom. The first kappa shape index (κ1) is 16.9. The number of urea groups is 1. The number of amides is 2. The van der Waals surface area contributed by atoms with Crippen molar-refractivity contribution < 1.29 is 23.9 Å². The van der Waals surface area contributed by atoms with Crippen LogP contribution in [0.5, 0.6) is 0 Å². The Bertz CT molecular complexity index is 561. The summed E-state index contributed by atoms with van der Waals surface area (Å²) in [5, 5.41) is 4.89. The van der Waals surface area contributed by atoms with Gasteiger partial charge >= 0.3 is 18.0 Å². The van der Waals surface area contributed by atoms with Gasteiger partial charge in [-0.25, -0.2) is 9.59 Å². The molecule has 0 spiro atoms. The molecule has 9 heteroatoms. The maximum absolute atomic E-state index is 12.0. The molecular weight excluding hydrogens is 335 g/mol. The molecule has 0 radical (unpaired) electrons. The van der Waals surface area contributed by atoms with Crippen molar-refractivity contribution in [2.45, 2.75) is 24.6 Å². The highest BCUT2D eigenvalue weighted by Gasteiger charge is 2.69. The van der Waals surface area contributed by atoms with E-state index in [1.807, 2.05) is 0 Å². The first-order valence-corrected chi connectivity index (χ1v) is 7.46. The van der Waals surface area contributed by atoms with Gasteiger partial charge in [-0.3, -0.25) is 4.79 Å². The van der Waals surface area contributed by atoms with Crippen LogP contribution in [0.3, 0.4) is 0 Å². The van der Waals surface area contributed by atoms with Gasteiger partial charge in [0.05, 0.1) is 24.4 Å². The summed E-state index contributed by atoms with van der Waals surface area (Å²) in [4.78, 5) is 35.2. The number of halogens is 2. The van der Waals surface area contributed by atoms with E-state index >= 15 is 0 Å². The van der Waals surface area contributed by atoms with E-state index in [0.717, 1.165) is 0 Å². The van der Waals surface area contributed by atoms with Crippen LogP contribution >= 0.6 is 23.2 Å². The molecule has 0 aromatic carbocycles. The zero-order chi connectivity index (χ0) is 16.5. The lowest BCUT2D eigenvalue weighted by atomic mass is 10.1. The number of carbonyl (C=O) groups excluding carboxylic acids is 3. The van der Waals surface area contributed by atoms with Gasteiger partial charge in [-0.1, -0.05) is 0 Å². The molecule has 2 rings (SSSR count). The molecule has 0 aromatic rings. The smallest absolute Gasteiger partial charge is 0.337 e. The highest BCUT2D eigenvalue weighted by atomic mass is 35.5. The van der Waals surface area contributed by atoms with Gasteiger partial charge in [0.1, 0.15) is 16.4 Å². The molecule has 1 unspecified atom stereocenters. The van der Waals surface area contributed by atoms with Crippen LogP contribution in [0, 0.1) is 5.41 Å². The fraction of sp³-hybridized carbons (Fsp3) is 0.615. The maximum atomic E-state index is 12.0. The van der Waals surface area contributed by atoms with E-state index in [1.165, 1.54) is 0 Å². The third-order valence-electron chi connectivity index (χ3n) is 3.63. The number of carbonyl (C=O) groups is 3. The predicted octanol–water partition coefficient (Wildman–Crippen LogP) is 1.24. The number of hydrogen-bond donors (Lipinski definition) is 2. The van der Waals surface area contributed by atoms with Gasteiger partial charge in [0.2, 0.25) is 0 Å². The molecular formula is C13H16Cl2N2O5. The predicted molar refractivity (Wildman–Crippen MR) is 78.3 cm³/mol. The molecule has 2 aliphatic rings. The summed E-state index contributed by atoms with van der Waals surface area (Å²) in [5.41, 5.74) is -0.578. The number of alkyl halides is 2. The van der Waals surface area contributed by atoms with Gasteiger partial charge in [-0.05, 0) is 13.8 Å². The number of ether oxygens (including phenoxy) is 2. The normalized spacial score (nSPS) is 25.9. The molecule has 1 aliphatic heterocycles. The average molecular weight is 351 g/mol. The van der Waals surface area contributed by atoms with Crippen molar-refractivity contribution in [3.05, 3.63) is 11.3 Å². The molecule has 1 atom stereocenters. The van der Waals surface area contributed by atoms with Crippen LogP contribution in [0.15, 0.2) is 11.3 Å². The van der Waals surface area contributed by atoms with Gasteiger partial charge in [-0.15, -0.1) is 23.2 Å². The highest BCUT2D eigenvalue weighted by Crippen LogP contribution is 2.64. The fourth-order valence-corrected chi connectivity index (χ4v) is 2.68. The molecule has 2 N–H and O–H groups in total. The molecule has 22 heavy (non-hydrogen) atoms. The van der Waals surface area contributed by atoms with E-state index in [4.69, 9.17) is 32.7 Å². The standard InChI is InChI=1S/C13H16Cl2N2O5/c1-3-21-9(18)7-4-16-11(20)17-8(7)5-22-10(19)12(2)6-13(12,14)15/h3-6H2,1-2H3,(H2,16,17,20). The van der Waals surface area contributed by atoms with Crippen molar-refractivity contribution in [3.63, 3.8) is 0 Å². The van der Waals surface area contributed by atoms with Crippen molar-refractivity contribution in [1.29, 1.82) is 0 Å². The topological polar surface area (TPSA) is 93.7 Å². The zero-order valence-corrected chi connectivity index (χ0v) is 13.6. The second-order valence-electron chi connectivity index (χ2n) is 5.27. The minimum Gasteiger partial charge on any atom is -0.463 e. The van der Waals surface area contributed by atoms with Gasteiger partial charge in [0.15, 0.2) is 0 Å². The number of hydrogen-bond acceptors (Lipinski definition) is 5. The summed E-state index contributed by atoms with van der Waals surface area (Å²) in [5.74, 6) is -1.16. The molecule has 7 nitrogen and oxygen atoms in total. The second-order valence-corrected chi connectivity index (χ2v) is 6.76. The number of rotatable bonds is 5. The minimum atomic E-state index is -1.14. The average Bonchev–Trinajstić information content (AvgIpc) is 2.96. The summed E-state index contributed by atoms with van der Waals surface area (Å²) in [7, 11) is 0. The summed E-state index contributed by atoms with van der Waals surface area (Å²) >= 11 is 11.8. The van der Waals surface area contributed by atoms with Crippen molar-refractivity contribution in [2.75, 3.05) is 19.8 Å². The summed E-state index contributed by atoms with van der Waals surface area (Å²) in [6.45, 7) is 3.20. The van der Waals surface area contributed by atoms with Crippen molar-refractivity contribution in [2.24, 2.45) is 5.41 Å². The van der Waals surface area contributed by atoms with Crippen LogP contribution in [0.2, 0.25) is 0 Å². The molecule has 122 valence electrons. The molecule has 1 heterocycles. The van der Waals surface area contributed by atoms with E-state index in [9.17, 15) is 14.4 Å². The van der Waals surface area contributed by atoms with Gasteiger partial charge < -0.3 is 20.1 Å². The summed E-state index contributed by atoms with van der Waals surface area (Å²) in [6, 6.07) is -0.485. The molecule has 0 aromatic heterocycles. The maximum Gasteiger partial charge on any atom is 0.337 e. The first-order chi connectivity index (χ1) is 10.2. The van der Waals surface area contributed by atoms with Crippen LogP contribution in [-0.4, -0.2) is 42.1 Å². The van der Waals surface area contributed by atoms with Crippen LogP contribution in [0.4, 0.5) is 4.79 Å². The summed E-state index contributed by atoms with van der Waals surface area (Å²) < 4.78 is 8.89. The van der Waals surface area contributed by atoms with Crippen LogP contribution in [0.25, 0.3) is 0 Å². The lowest BCUT2D eigenvalue weighted by Gasteiger charge is -2.21. The van der Waals surface area contributed by atoms with Crippen LogP contribution in [-0.2, 0) is 19.1 Å². The Kier molecular flexibility index (Phi) is 4.58. The first-order valence-electron chi connectivity index (χ1n) is 6.70. The quantitative estimate of drug-likeness (QED) is 0.574. The van der Waals surface area contributed by atoms with Crippen LogP contribution < -0.4 is 10.6 Å². The molecule has 2 amide bonds. The van der Waals surface area contributed by atoms with E-state index in [-0.39, 0.29) is 31.0 Å². The lowest BCUT2D eigenvalue weighted by Crippen LogP contribution is -2.45. The SMILES string of the molecule is CCOC(=O)C1=C(COC(=O)C2(C)CC2(Cl)Cl)NC(=O)NC1. The van der Waals surface area contributed by atoms with E-state index in [2.05, 4.69) is 10.6 Å². The fourth-order valence-electron chi connectivity index (χ4n) is 1.99. The number of nitrogens with one attached hydrogen (secondary N) is 2. The molecule has 0 saturated heterocycles. The largest absolute Gasteiger partial charge is 0.463 e. The Morgan fingerprint density at radius 3 is 2.50 bits per heavy atom. The second kappa shape index (κ2) is 5.96. The summed E-state index contributed by atoms with van der Waals surface area (Å²) in [6.07, 6.45) is 0.291. The minimum absolute atomic E-state index is 0.00374. The molecule has 0 bridgehead atoms. The van der Waals surface area contributed by atoms with E-state index in [0.29, 0.717) is 6.42 Å². The van der Waals surface area contributed by atoms with Crippen molar-refractivity contribution in [3.8, 4) is 0 Å². The molecule has 1 fully saturated rings. The Balaban J connectivity index is 2.06. The molecule has 1 aliphatic carbocycles. The van der Waals surface area contributed by atoms with E-state index < -0.39 is 27.7 Å². The van der Waals surface area contributed by atoms with Gasteiger partial charge in [0.25, 0.3) is 0 Å². The highest BCUT2D eigenvalue weighted by molar-refractivity contribution is 6.53. The van der Waals surface area contributed by atoms with Gasteiger partial charge in [-0.2, -0.15) is 0 Å². The third kappa shape index (κ3) is 3.15.